The minimum atomic E-state index is 0.389. The minimum Gasteiger partial charge on any atom is -0.379 e. The molecule has 0 bridgehead atoms. The normalized spacial score (nSPS) is 15.4. The molecule has 1 fully saturated rings. The van der Waals surface area contributed by atoms with Gasteiger partial charge in [0.1, 0.15) is 0 Å². The van der Waals surface area contributed by atoms with Crippen molar-refractivity contribution in [3.8, 4) is 0 Å². The zero-order valence-corrected chi connectivity index (χ0v) is 17.0. The number of hydrogen-bond donors (Lipinski definition) is 1. The highest BCUT2D eigenvalue weighted by Crippen LogP contribution is 2.06. The Kier molecular flexibility index (Phi) is 18.7. The second-order valence-electron chi connectivity index (χ2n) is 6.08. The highest BCUT2D eigenvalue weighted by atomic mass is 16.6. The zero-order valence-electron chi connectivity index (χ0n) is 17.0. The third kappa shape index (κ3) is 17.5. The summed E-state index contributed by atoms with van der Waals surface area (Å²) in [7, 11) is 0. The molecule has 0 radical (unpaired) electrons. The number of piperidine rings is 1. The van der Waals surface area contributed by atoms with Crippen LogP contribution in [0.2, 0.25) is 0 Å². The fraction of sp³-hybridized carbons (Fsp3) is 1.00. The molecule has 0 spiro atoms. The standard InChI is InChI=1S/C19H39NO7/c1-2-21-7-8-22-9-10-23-11-12-24-13-14-25-15-16-26-17-18-27-19-3-5-20-6-4-19/h19-20H,2-18H2,1H3. The molecule has 0 aromatic rings. The second-order valence-corrected chi connectivity index (χ2v) is 6.08. The van der Waals surface area contributed by atoms with E-state index in [1.54, 1.807) is 0 Å². The Morgan fingerprint density at radius 3 is 1.33 bits per heavy atom. The van der Waals surface area contributed by atoms with E-state index in [0.717, 1.165) is 32.5 Å². The Bertz CT molecular complexity index is 291. The summed E-state index contributed by atoms with van der Waals surface area (Å²) in [4.78, 5) is 0. The molecular formula is C19H39NO7. The van der Waals surface area contributed by atoms with E-state index in [1.165, 1.54) is 0 Å². The third-order valence-corrected chi connectivity index (χ3v) is 3.93. The lowest BCUT2D eigenvalue weighted by atomic mass is 10.1. The Morgan fingerprint density at radius 1 is 0.556 bits per heavy atom. The molecule has 0 aromatic carbocycles. The highest BCUT2D eigenvalue weighted by Gasteiger charge is 2.12. The van der Waals surface area contributed by atoms with Gasteiger partial charge in [0.15, 0.2) is 0 Å². The zero-order chi connectivity index (χ0) is 19.3. The molecule has 1 aliphatic heterocycles. The van der Waals surface area contributed by atoms with Gasteiger partial charge in [0.25, 0.3) is 0 Å². The van der Waals surface area contributed by atoms with Crippen LogP contribution in [0.25, 0.3) is 0 Å². The number of hydrogen-bond acceptors (Lipinski definition) is 8. The van der Waals surface area contributed by atoms with Gasteiger partial charge in [-0.3, -0.25) is 0 Å². The largest absolute Gasteiger partial charge is 0.379 e. The minimum absolute atomic E-state index is 0.389. The molecule has 27 heavy (non-hydrogen) atoms. The Labute approximate surface area is 164 Å². The highest BCUT2D eigenvalue weighted by molar-refractivity contribution is 4.67. The van der Waals surface area contributed by atoms with Crippen molar-refractivity contribution in [3.63, 3.8) is 0 Å². The predicted molar refractivity (Wildman–Crippen MR) is 102 cm³/mol. The summed E-state index contributed by atoms with van der Waals surface area (Å²) in [5.41, 5.74) is 0. The van der Waals surface area contributed by atoms with E-state index in [-0.39, 0.29) is 0 Å². The quantitative estimate of drug-likeness (QED) is 0.306. The average molecular weight is 394 g/mol. The van der Waals surface area contributed by atoms with Crippen molar-refractivity contribution in [2.24, 2.45) is 0 Å². The molecule has 1 N–H and O–H groups in total. The lowest BCUT2D eigenvalue weighted by molar-refractivity contribution is -0.0305. The van der Waals surface area contributed by atoms with Gasteiger partial charge < -0.3 is 38.5 Å². The summed E-state index contributed by atoms with van der Waals surface area (Å²) < 4.78 is 38.0. The monoisotopic (exact) mass is 393 g/mol. The third-order valence-electron chi connectivity index (χ3n) is 3.93. The summed E-state index contributed by atoms with van der Waals surface area (Å²) in [5, 5.41) is 3.32. The molecule has 1 heterocycles. The molecule has 0 amide bonds. The molecule has 8 nitrogen and oxygen atoms in total. The lowest BCUT2D eigenvalue weighted by Crippen LogP contribution is -2.33. The van der Waals surface area contributed by atoms with Crippen molar-refractivity contribution in [1.82, 2.24) is 5.32 Å². The molecule has 0 saturated carbocycles. The van der Waals surface area contributed by atoms with Gasteiger partial charge in [-0.2, -0.15) is 0 Å². The first kappa shape index (κ1) is 24.7. The molecule has 0 aromatic heterocycles. The lowest BCUT2D eigenvalue weighted by Gasteiger charge is -2.22. The van der Waals surface area contributed by atoms with Crippen molar-refractivity contribution < 1.29 is 33.2 Å². The van der Waals surface area contributed by atoms with Gasteiger partial charge in [-0.15, -0.1) is 0 Å². The van der Waals surface area contributed by atoms with E-state index in [4.69, 9.17) is 33.2 Å². The van der Waals surface area contributed by atoms with Gasteiger partial charge in [0, 0.05) is 6.61 Å². The van der Waals surface area contributed by atoms with E-state index < -0.39 is 0 Å². The van der Waals surface area contributed by atoms with Crippen LogP contribution in [0.4, 0.5) is 0 Å². The first-order chi connectivity index (χ1) is 13.4. The van der Waals surface area contributed by atoms with Crippen LogP contribution in [0.3, 0.4) is 0 Å². The fourth-order valence-electron chi connectivity index (χ4n) is 2.48. The predicted octanol–water partition coefficient (Wildman–Crippen LogP) is 0.875. The summed E-state index contributed by atoms with van der Waals surface area (Å²) >= 11 is 0. The van der Waals surface area contributed by atoms with Crippen molar-refractivity contribution in [2.75, 3.05) is 99.0 Å². The van der Waals surface area contributed by atoms with Crippen molar-refractivity contribution in [1.29, 1.82) is 0 Å². The van der Waals surface area contributed by atoms with Crippen LogP contribution in [-0.4, -0.2) is 105 Å². The SMILES string of the molecule is CCOCCOCCOCCOCCOCCOCCOC1CCNCC1. The van der Waals surface area contributed by atoms with Crippen LogP contribution in [-0.2, 0) is 33.2 Å². The van der Waals surface area contributed by atoms with Crippen LogP contribution in [0.15, 0.2) is 0 Å². The number of rotatable bonds is 20. The van der Waals surface area contributed by atoms with Crippen LogP contribution in [0.1, 0.15) is 19.8 Å². The topological polar surface area (TPSA) is 76.6 Å². The molecule has 8 heteroatoms. The summed E-state index contributed by atoms with van der Waals surface area (Å²) in [6, 6.07) is 0. The smallest absolute Gasteiger partial charge is 0.0704 e. The van der Waals surface area contributed by atoms with Gasteiger partial charge in [0.2, 0.25) is 0 Å². The molecule has 1 aliphatic rings. The summed E-state index contributed by atoms with van der Waals surface area (Å²) in [6.07, 6.45) is 2.58. The molecule has 0 unspecified atom stereocenters. The summed E-state index contributed by atoms with van der Waals surface area (Å²) in [6.45, 7) is 11.9. The van der Waals surface area contributed by atoms with Gasteiger partial charge >= 0.3 is 0 Å². The maximum atomic E-state index is 5.76. The van der Waals surface area contributed by atoms with E-state index in [0.29, 0.717) is 85.4 Å². The van der Waals surface area contributed by atoms with Crippen LogP contribution >= 0.6 is 0 Å². The average Bonchev–Trinajstić information content (AvgIpc) is 2.70. The van der Waals surface area contributed by atoms with Gasteiger partial charge in [-0.05, 0) is 32.9 Å². The van der Waals surface area contributed by atoms with Crippen molar-refractivity contribution >= 4 is 0 Å². The Hall–Kier alpha value is -0.320. The van der Waals surface area contributed by atoms with Crippen LogP contribution in [0.5, 0.6) is 0 Å². The van der Waals surface area contributed by atoms with Gasteiger partial charge in [-0.1, -0.05) is 0 Å². The first-order valence-corrected chi connectivity index (χ1v) is 10.2. The molecular weight excluding hydrogens is 354 g/mol. The van der Waals surface area contributed by atoms with E-state index in [2.05, 4.69) is 5.32 Å². The Morgan fingerprint density at radius 2 is 0.926 bits per heavy atom. The number of ether oxygens (including phenoxy) is 7. The van der Waals surface area contributed by atoms with Gasteiger partial charge in [-0.25, -0.2) is 0 Å². The second kappa shape index (κ2) is 20.4. The van der Waals surface area contributed by atoms with E-state index in [1.807, 2.05) is 6.92 Å². The molecule has 162 valence electrons. The van der Waals surface area contributed by atoms with Crippen LogP contribution < -0.4 is 5.32 Å². The molecule has 0 aliphatic carbocycles. The first-order valence-electron chi connectivity index (χ1n) is 10.2. The van der Waals surface area contributed by atoms with E-state index >= 15 is 0 Å². The fourth-order valence-corrected chi connectivity index (χ4v) is 2.48. The van der Waals surface area contributed by atoms with Crippen molar-refractivity contribution in [3.05, 3.63) is 0 Å². The molecule has 0 atom stereocenters. The maximum Gasteiger partial charge on any atom is 0.0704 e. The summed E-state index contributed by atoms with van der Waals surface area (Å²) in [5.74, 6) is 0. The number of nitrogens with one attached hydrogen (secondary N) is 1. The molecule has 1 rings (SSSR count). The Balaban J connectivity index is 1.64. The van der Waals surface area contributed by atoms with Gasteiger partial charge in [0.05, 0.1) is 85.4 Å². The van der Waals surface area contributed by atoms with E-state index in [9.17, 15) is 0 Å². The molecule has 1 saturated heterocycles. The van der Waals surface area contributed by atoms with Crippen molar-refractivity contribution in [2.45, 2.75) is 25.9 Å². The maximum absolute atomic E-state index is 5.76. The van der Waals surface area contributed by atoms with Crippen LogP contribution in [0, 0.1) is 0 Å².